The molecule has 1 aromatic carbocycles. The highest BCUT2D eigenvalue weighted by Gasteiger charge is 2.31. The van der Waals surface area contributed by atoms with E-state index < -0.39 is 17.4 Å². The van der Waals surface area contributed by atoms with Crippen LogP contribution in [0.15, 0.2) is 18.2 Å². The van der Waals surface area contributed by atoms with Gasteiger partial charge in [-0.05, 0) is 33.3 Å². The predicted octanol–water partition coefficient (Wildman–Crippen LogP) is 3.26. The van der Waals surface area contributed by atoms with E-state index in [4.69, 9.17) is 4.74 Å². The minimum atomic E-state index is -0.674. The number of halogens is 1. The van der Waals surface area contributed by atoms with Crippen molar-refractivity contribution in [2.24, 2.45) is 0 Å². The summed E-state index contributed by atoms with van der Waals surface area (Å²) in [6, 6.07) is 3.94. The molecule has 0 spiro atoms. The fourth-order valence-electron chi connectivity index (χ4n) is 3.25. The molecule has 1 N–H and O–H groups in total. The zero-order valence-corrected chi connectivity index (χ0v) is 18.2. The number of rotatable bonds is 5. The van der Waals surface area contributed by atoms with Gasteiger partial charge in [0.15, 0.2) is 18.1 Å². The fraction of sp³-hybridized carbons (Fsp3) is 0.524. The summed E-state index contributed by atoms with van der Waals surface area (Å²) in [5.74, 6) is -0.565. The Morgan fingerprint density at radius 1 is 1.37 bits per heavy atom. The van der Waals surface area contributed by atoms with E-state index in [0.717, 1.165) is 5.71 Å². The first-order chi connectivity index (χ1) is 14.1. The molecular weight excluding hydrogens is 391 g/mol. The highest BCUT2D eigenvalue weighted by Crippen LogP contribution is 2.26. The van der Waals surface area contributed by atoms with Crippen LogP contribution in [-0.4, -0.2) is 65.5 Å². The van der Waals surface area contributed by atoms with Crippen LogP contribution in [0.2, 0.25) is 0 Å². The highest BCUT2D eigenvalue weighted by atomic mass is 19.1. The minimum absolute atomic E-state index is 0.102. The van der Waals surface area contributed by atoms with Gasteiger partial charge in [-0.3, -0.25) is 19.9 Å². The Kier molecular flexibility index (Phi) is 7.53. The monoisotopic (exact) mass is 421 g/mol. The molecule has 0 aromatic heterocycles. The molecular formula is C21H30FN4O4+. The molecule has 0 radical (unpaired) electrons. The number of hydrogen-bond donors (Lipinski definition) is 1. The van der Waals surface area contributed by atoms with Crippen LogP contribution in [0.4, 0.5) is 25.4 Å². The lowest BCUT2D eigenvalue weighted by molar-refractivity contribution is -0.448. The van der Waals surface area contributed by atoms with E-state index in [1.165, 1.54) is 17.0 Å². The first-order valence-corrected chi connectivity index (χ1v) is 9.96. The van der Waals surface area contributed by atoms with Crippen LogP contribution < -0.4 is 10.2 Å². The number of nitrogens with zero attached hydrogens (tertiary/aromatic N) is 3. The van der Waals surface area contributed by atoms with Gasteiger partial charge in [0.1, 0.15) is 12.1 Å². The van der Waals surface area contributed by atoms with Crippen molar-refractivity contribution in [3.8, 4) is 0 Å². The Morgan fingerprint density at radius 2 is 2.07 bits per heavy atom. The Balaban J connectivity index is 2.23. The fourth-order valence-corrected chi connectivity index (χ4v) is 3.25. The number of amides is 4. The number of urea groups is 1. The molecule has 0 unspecified atom stereocenters. The maximum atomic E-state index is 14.9. The molecule has 0 atom stereocenters. The SMILES string of the molecule is CCCN(C(=O)NC=O)c1ccc([N+]2=C(C)CN(C(=O)OC(C)(C)C)CC2)cc1F. The molecule has 1 aromatic rings. The lowest BCUT2D eigenvalue weighted by Gasteiger charge is -2.29. The quantitative estimate of drug-likeness (QED) is 0.584. The van der Waals surface area contributed by atoms with E-state index in [-0.39, 0.29) is 24.7 Å². The van der Waals surface area contributed by atoms with Gasteiger partial charge >= 0.3 is 12.1 Å². The summed E-state index contributed by atoms with van der Waals surface area (Å²) in [5.41, 5.74) is 1.04. The van der Waals surface area contributed by atoms with Crippen LogP contribution in [0.1, 0.15) is 41.0 Å². The van der Waals surface area contributed by atoms with Crippen molar-refractivity contribution in [2.75, 3.05) is 31.1 Å². The third-order valence-corrected chi connectivity index (χ3v) is 4.53. The van der Waals surface area contributed by atoms with Crippen LogP contribution >= 0.6 is 0 Å². The van der Waals surface area contributed by atoms with E-state index in [0.29, 0.717) is 31.7 Å². The standard InChI is InChI=1S/C21H29FN4O4/c1-6-9-26(19(28)23-14-27)18-8-7-16(12-17(18)22)25-11-10-24(13-15(25)2)20(29)30-21(3,4)5/h7-8,12,14H,6,9-11,13H2,1-5H3/p+1. The number of anilines is 1. The van der Waals surface area contributed by atoms with E-state index in [2.05, 4.69) is 0 Å². The number of ether oxygens (including phenoxy) is 1. The summed E-state index contributed by atoms with van der Waals surface area (Å²) in [5, 5.41) is 2.05. The number of benzene rings is 1. The second-order valence-electron chi connectivity index (χ2n) is 8.14. The van der Waals surface area contributed by atoms with Crippen LogP contribution in [0, 0.1) is 5.82 Å². The Morgan fingerprint density at radius 3 is 2.60 bits per heavy atom. The molecule has 0 saturated heterocycles. The third-order valence-electron chi connectivity index (χ3n) is 4.53. The van der Waals surface area contributed by atoms with Crippen LogP contribution in [0.5, 0.6) is 0 Å². The number of carbonyl (C=O) groups is 3. The van der Waals surface area contributed by atoms with E-state index >= 15 is 0 Å². The average molecular weight is 421 g/mol. The Bertz CT molecular complexity index is 848. The third kappa shape index (κ3) is 5.77. The van der Waals surface area contributed by atoms with Crippen LogP contribution in [-0.2, 0) is 9.53 Å². The Hall–Kier alpha value is -2.97. The number of hydrogen-bond acceptors (Lipinski definition) is 4. The molecule has 0 bridgehead atoms. The Labute approximate surface area is 176 Å². The lowest BCUT2D eigenvalue weighted by atomic mass is 10.2. The second kappa shape index (κ2) is 9.69. The summed E-state index contributed by atoms with van der Waals surface area (Å²) in [6.07, 6.45) is 0.506. The molecule has 30 heavy (non-hydrogen) atoms. The largest absolute Gasteiger partial charge is 0.444 e. The van der Waals surface area contributed by atoms with Crippen molar-refractivity contribution >= 4 is 35.6 Å². The van der Waals surface area contributed by atoms with E-state index in [9.17, 15) is 18.8 Å². The van der Waals surface area contributed by atoms with Gasteiger partial charge in [0.2, 0.25) is 12.1 Å². The highest BCUT2D eigenvalue weighted by molar-refractivity contribution is 5.97. The number of imide groups is 1. The molecule has 8 nitrogen and oxygen atoms in total. The summed E-state index contributed by atoms with van der Waals surface area (Å²) >= 11 is 0. The summed E-state index contributed by atoms with van der Waals surface area (Å²) < 4.78 is 22.2. The number of nitrogens with one attached hydrogen (secondary N) is 1. The van der Waals surface area contributed by atoms with E-state index in [1.54, 1.807) is 11.0 Å². The van der Waals surface area contributed by atoms with Gasteiger partial charge in [-0.15, -0.1) is 0 Å². The average Bonchev–Trinajstić information content (AvgIpc) is 2.65. The zero-order chi connectivity index (χ0) is 22.5. The minimum Gasteiger partial charge on any atom is -0.444 e. The van der Waals surface area contributed by atoms with Gasteiger partial charge in [0, 0.05) is 25.6 Å². The van der Waals surface area contributed by atoms with Crippen molar-refractivity contribution in [1.29, 1.82) is 0 Å². The van der Waals surface area contributed by atoms with Gasteiger partial charge in [0.05, 0.1) is 12.2 Å². The smallest absolute Gasteiger partial charge is 0.411 e. The summed E-state index contributed by atoms with van der Waals surface area (Å²) in [4.78, 5) is 37.8. The molecule has 2 rings (SSSR count). The second-order valence-corrected chi connectivity index (χ2v) is 8.14. The van der Waals surface area contributed by atoms with Crippen molar-refractivity contribution < 1.29 is 28.1 Å². The zero-order valence-electron chi connectivity index (χ0n) is 18.2. The van der Waals surface area contributed by atoms with Crippen molar-refractivity contribution in [1.82, 2.24) is 10.2 Å². The lowest BCUT2D eigenvalue weighted by Crippen LogP contribution is -2.47. The number of carbonyl (C=O) groups excluding carboxylic acids is 3. The van der Waals surface area contributed by atoms with Gasteiger partial charge in [-0.1, -0.05) is 6.92 Å². The summed E-state index contributed by atoms with van der Waals surface area (Å²) in [7, 11) is 0. The molecule has 0 fully saturated rings. The topological polar surface area (TPSA) is 82.0 Å². The molecule has 0 saturated carbocycles. The molecule has 9 heteroatoms. The first-order valence-electron chi connectivity index (χ1n) is 9.96. The maximum absolute atomic E-state index is 14.9. The molecule has 164 valence electrons. The van der Waals surface area contributed by atoms with Gasteiger partial charge in [-0.25, -0.2) is 14.0 Å². The molecule has 1 heterocycles. The molecule has 1 aliphatic rings. The normalized spacial score (nSPS) is 14.4. The maximum Gasteiger partial charge on any atom is 0.411 e. The summed E-state index contributed by atoms with van der Waals surface area (Å²) in [6.45, 7) is 10.8. The van der Waals surface area contributed by atoms with Gasteiger partial charge in [-0.2, -0.15) is 4.58 Å². The first kappa shape index (κ1) is 23.3. The van der Waals surface area contributed by atoms with Crippen molar-refractivity contribution in [2.45, 2.75) is 46.6 Å². The van der Waals surface area contributed by atoms with Crippen LogP contribution in [0.25, 0.3) is 0 Å². The molecule has 4 amide bonds. The van der Waals surface area contributed by atoms with Crippen molar-refractivity contribution in [3.63, 3.8) is 0 Å². The van der Waals surface area contributed by atoms with Crippen molar-refractivity contribution in [3.05, 3.63) is 24.0 Å². The molecule has 0 aliphatic carbocycles. The van der Waals surface area contributed by atoms with Gasteiger partial charge < -0.3 is 4.74 Å². The van der Waals surface area contributed by atoms with Crippen LogP contribution in [0.3, 0.4) is 0 Å². The predicted molar refractivity (Wildman–Crippen MR) is 112 cm³/mol. The van der Waals surface area contributed by atoms with Gasteiger partial charge in [0.25, 0.3) is 0 Å². The van der Waals surface area contributed by atoms with E-state index in [1.807, 2.05) is 44.5 Å². The molecule has 1 aliphatic heterocycles.